The van der Waals surface area contributed by atoms with Crippen LogP contribution in [0, 0.1) is 0 Å². The Hall–Kier alpha value is -3.26. The van der Waals surface area contributed by atoms with E-state index in [1.807, 2.05) is 25.1 Å². The Morgan fingerprint density at radius 1 is 1.16 bits per heavy atom. The molecule has 1 amide bonds. The van der Waals surface area contributed by atoms with Gasteiger partial charge in [-0.15, -0.1) is 0 Å². The molecule has 1 aromatic carbocycles. The molecule has 3 aromatic rings. The SMILES string of the molecule is CCCn1c(=O)[nH]c(=O)c2cc(C(=O)NCC(c3ccccc3)N(CC)CC)cnc21. The summed E-state index contributed by atoms with van der Waals surface area (Å²) < 4.78 is 1.42. The highest BCUT2D eigenvalue weighted by atomic mass is 16.2. The molecular formula is C23H29N5O3. The third kappa shape index (κ3) is 4.91. The fraction of sp³-hybridized carbons (Fsp3) is 0.391. The van der Waals surface area contributed by atoms with Crippen molar-refractivity contribution in [2.24, 2.45) is 0 Å². The summed E-state index contributed by atoms with van der Waals surface area (Å²) in [4.78, 5) is 46.1. The number of hydrogen-bond donors (Lipinski definition) is 2. The number of hydrogen-bond acceptors (Lipinski definition) is 5. The van der Waals surface area contributed by atoms with Crippen molar-refractivity contribution in [3.63, 3.8) is 0 Å². The van der Waals surface area contributed by atoms with E-state index in [9.17, 15) is 14.4 Å². The molecule has 0 aliphatic carbocycles. The van der Waals surface area contributed by atoms with Gasteiger partial charge in [-0.3, -0.25) is 24.0 Å². The van der Waals surface area contributed by atoms with Gasteiger partial charge in [0.15, 0.2) is 0 Å². The van der Waals surface area contributed by atoms with Crippen LogP contribution < -0.4 is 16.6 Å². The number of nitrogens with one attached hydrogen (secondary N) is 2. The fourth-order valence-corrected chi connectivity index (χ4v) is 3.81. The van der Waals surface area contributed by atoms with E-state index in [1.165, 1.54) is 16.8 Å². The molecule has 3 rings (SSSR count). The molecule has 8 heteroatoms. The van der Waals surface area contributed by atoms with Crippen LogP contribution in [0.25, 0.3) is 11.0 Å². The molecule has 0 aliphatic rings. The van der Waals surface area contributed by atoms with Crippen molar-refractivity contribution in [2.75, 3.05) is 19.6 Å². The van der Waals surface area contributed by atoms with Crippen LogP contribution in [0.2, 0.25) is 0 Å². The number of pyridine rings is 1. The maximum Gasteiger partial charge on any atom is 0.329 e. The van der Waals surface area contributed by atoms with Crippen LogP contribution in [0.4, 0.5) is 0 Å². The standard InChI is InChI=1S/C23H29N5O3/c1-4-12-28-20-18(22(30)26-23(28)31)13-17(14-24-20)21(29)25-15-19(27(5-2)6-3)16-10-8-7-9-11-16/h7-11,13-14,19H,4-6,12,15H2,1-3H3,(H,25,29)(H,26,30,31). The van der Waals surface area contributed by atoms with E-state index in [0.717, 1.165) is 25.1 Å². The van der Waals surface area contributed by atoms with Gasteiger partial charge in [0.05, 0.1) is 17.0 Å². The van der Waals surface area contributed by atoms with Crippen molar-refractivity contribution in [3.8, 4) is 0 Å². The van der Waals surface area contributed by atoms with E-state index >= 15 is 0 Å². The van der Waals surface area contributed by atoms with E-state index in [-0.39, 0.29) is 28.5 Å². The number of nitrogens with zero attached hydrogens (tertiary/aromatic N) is 3. The number of rotatable bonds is 9. The van der Waals surface area contributed by atoms with Gasteiger partial charge in [-0.25, -0.2) is 9.78 Å². The van der Waals surface area contributed by atoms with Crippen LogP contribution in [0.3, 0.4) is 0 Å². The molecule has 1 atom stereocenters. The highest BCUT2D eigenvalue weighted by Gasteiger charge is 2.20. The first-order valence-electron chi connectivity index (χ1n) is 10.7. The van der Waals surface area contributed by atoms with Crippen molar-refractivity contribution in [2.45, 2.75) is 39.8 Å². The van der Waals surface area contributed by atoms with E-state index < -0.39 is 11.2 Å². The van der Waals surface area contributed by atoms with Crippen LogP contribution in [0.1, 0.15) is 49.2 Å². The monoisotopic (exact) mass is 423 g/mol. The number of aryl methyl sites for hydroxylation is 1. The van der Waals surface area contributed by atoms with Crippen molar-refractivity contribution in [3.05, 3.63) is 74.6 Å². The second-order valence-corrected chi connectivity index (χ2v) is 7.36. The molecule has 0 fully saturated rings. The van der Waals surface area contributed by atoms with Crippen LogP contribution >= 0.6 is 0 Å². The minimum atomic E-state index is -0.542. The zero-order valence-corrected chi connectivity index (χ0v) is 18.2. The van der Waals surface area contributed by atoms with Crippen molar-refractivity contribution in [1.82, 2.24) is 24.8 Å². The Balaban J connectivity index is 1.87. The Morgan fingerprint density at radius 3 is 2.52 bits per heavy atom. The predicted molar refractivity (Wildman–Crippen MR) is 121 cm³/mol. The smallest absolute Gasteiger partial charge is 0.329 e. The van der Waals surface area contributed by atoms with Crippen LogP contribution in [-0.2, 0) is 6.54 Å². The Kier molecular flexibility index (Phi) is 7.36. The first-order valence-corrected chi connectivity index (χ1v) is 10.7. The molecule has 1 unspecified atom stereocenters. The van der Waals surface area contributed by atoms with Gasteiger partial charge in [0.1, 0.15) is 5.65 Å². The van der Waals surface area contributed by atoms with Gasteiger partial charge in [-0.1, -0.05) is 51.1 Å². The minimum absolute atomic E-state index is 0.0340. The summed E-state index contributed by atoms with van der Waals surface area (Å²) in [5.74, 6) is -0.310. The number of fused-ring (bicyclic) bond motifs is 1. The van der Waals surface area contributed by atoms with Gasteiger partial charge in [-0.05, 0) is 31.1 Å². The van der Waals surface area contributed by atoms with E-state index in [0.29, 0.717) is 13.1 Å². The molecule has 2 N–H and O–H groups in total. The molecule has 0 saturated carbocycles. The van der Waals surface area contributed by atoms with Crippen LogP contribution in [-0.4, -0.2) is 45.0 Å². The molecule has 8 nitrogen and oxygen atoms in total. The molecule has 2 aromatic heterocycles. The zero-order chi connectivity index (χ0) is 22.4. The summed E-state index contributed by atoms with van der Waals surface area (Å²) in [7, 11) is 0. The number of aromatic amines is 1. The summed E-state index contributed by atoms with van der Waals surface area (Å²) in [6.07, 6.45) is 2.13. The average Bonchev–Trinajstić information content (AvgIpc) is 2.79. The van der Waals surface area contributed by atoms with E-state index in [4.69, 9.17) is 0 Å². The lowest BCUT2D eigenvalue weighted by Gasteiger charge is -2.30. The van der Waals surface area contributed by atoms with Crippen molar-refractivity contribution in [1.29, 1.82) is 0 Å². The number of likely N-dealkylation sites (N-methyl/N-ethyl adjacent to an activating group) is 1. The number of benzene rings is 1. The lowest BCUT2D eigenvalue weighted by Crippen LogP contribution is -2.38. The molecule has 164 valence electrons. The molecule has 2 heterocycles. The highest BCUT2D eigenvalue weighted by Crippen LogP contribution is 2.19. The Bertz CT molecular complexity index is 1150. The molecule has 31 heavy (non-hydrogen) atoms. The van der Waals surface area contributed by atoms with Crippen LogP contribution in [0.15, 0.2) is 52.2 Å². The van der Waals surface area contributed by atoms with Gasteiger partial charge in [0.2, 0.25) is 0 Å². The summed E-state index contributed by atoms with van der Waals surface area (Å²) in [6.45, 7) is 8.70. The maximum atomic E-state index is 12.9. The van der Waals surface area contributed by atoms with Gasteiger partial charge < -0.3 is 5.32 Å². The fourth-order valence-electron chi connectivity index (χ4n) is 3.81. The second kappa shape index (κ2) is 10.2. The molecule has 0 aliphatic heterocycles. The van der Waals surface area contributed by atoms with E-state index in [1.54, 1.807) is 0 Å². The first kappa shape index (κ1) is 22.4. The average molecular weight is 424 g/mol. The van der Waals surface area contributed by atoms with Crippen molar-refractivity contribution >= 4 is 16.9 Å². The largest absolute Gasteiger partial charge is 0.350 e. The summed E-state index contributed by atoms with van der Waals surface area (Å²) in [5.41, 5.74) is 0.667. The number of carbonyl (C=O) groups is 1. The lowest BCUT2D eigenvalue weighted by molar-refractivity contribution is 0.0934. The third-order valence-electron chi connectivity index (χ3n) is 5.44. The van der Waals surface area contributed by atoms with Gasteiger partial charge in [0, 0.05) is 19.3 Å². The quantitative estimate of drug-likeness (QED) is 0.550. The summed E-state index contributed by atoms with van der Waals surface area (Å²) >= 11 is 0. The summed E-state index contributed by atoms with van der Waals surface area (Å²) in [5, 5.41) is 3.21. The second-order valence-electron chi connectivity index (χ2n) is 7.36. The van der Waals surface area contributed by atoms with Gasteiger partial charge in [0.25, 0.3) is 11.5 Å². The Labute approximate surface area is 180 Å². The number of amides is 1. The number of H-pyrrole nitrogens is 1. The topological polar surface area (TPSA) is 100 Å². The van der Waals surface area contributed by atoms with Gasteiger partial charge in [-0.2, -0.15) is 0 Å². The maximum absolute atomic E-state index is 12.9. The summed E-state index contributed by atoms with van der Waals surface area (Å²) in [6, 6.07) is 11.6. The molecule has 0 radical (unpaired) electrons. The Morgan fingerprint density at radius 2 is 1.87 bits per heavy atom. The molecule has 0 saturated heterocycles. The number of aromatic nitrogens is 3. The molecular weight excluding hydrogens is 394 g/mol. The van der Waals surface area contributed by atoms with Gasteiger partial charge >= 0.3 is 5.69 Å². The zero-order valence-electron chi connectivity index (χ0n) is 18.2. The molecule has 0 bridgehead atoms. The minimum Gasteiger partial charge on any atom is -0.350 e. The lowest BCUT2D eigenvalue weighted by atomic mass is 10.0. The normalized spacial score (nSPS) is 12.3. The molecule has 0 spiro atoms. The third-order valence-corrected chi connectivity index (χ3v) is 5.44. The predicted octanol–water partition coefficient (Wildman–Crippen LogP) is 2.31. The van der Waals surface area contributed by atoms with Crippen molar-refractivity contribution < 1.29 is 4.79 Å². The number of carbonyl (C=O) groups excluding carboxylic acids is 1. The first-order chi connectivity index (χ1) is 15.0. The highest BCUT2D eigenvalue weighted by molar-refractivity contribution is 5.96. The van der Waals surface area contributed by atoms with E-state index in [2.05, 4.69) is 46.2 Å². The van der Waals surface area contributed by atoms with Crippen LogP contribution in [0.5, 0.6) is 0 Å².